The Morgan fingerprint density at radius 3 is 2.73 bits per heavy atom. The van der Waals surface area contributed by atoms with Crippen molar-refractivity contribution in [3.05, 3.63) is 53.7 Å². The number of aryl methyl sites for hydroxylation is 1. The molecule has 4 nitrogen and oxygen atoms in total. The molecule has 1 N–H and O–H groups in total. The fraction of sp³-hybridized carbons (Fsp3) is 0.333. The number of pyridine rings is 1. The van der Waals surface area contributed by atoms with Crippen molar-refractivity contribution in [3.63, 3.8) is 0 Å². The lowest BCUT2D eigenvalue weighted by atomic mass is 10.1. The molecule has 1 aliphatic rings. The number of rotatable bonds is 3. The first-order chi connectivity index (χ1) is 10.7. The number of benzene rings is 1. The third-order valence-corrected chi connectivity index (χ3v) is 3.96. The molecule has 1 aromatic carbocycles. The van der Waals surface area contributed by atoms with Gasteiger partial charge in [0.1, 0.15) is 5.82 Å². The van der Waals surface area contributed by atoms with E-state index in [1.54, 1.807) is 12.3 Å². The fourth-order valence-corrected chi connectivity index (χ4v) is 2.78. The monoisotopic (exact) mass is 295 g/mol. The molecule has 0 saturated carbocycles. The second-order valence-corrected chi connectivity index (χ2v) is 5.77. The highest BCUT2D eigenvalue weighted by Gasteiger charge is 2.14. The summed E-state index contributed by atoms with van der Waals surface area (Å²) in [6.07, 6.45) is 5.39. The summed E-state index contributed by atoms with van der Waals surface area (Å²) in [5.74, 6) is 0.808. The van der Waals surface area contributed by atoms with Crippen LogP contribution in [0.5, 0.6) is 0 Å². The molecular weight excluding hydrogens is 274 g/mol. The van der Waals surface area contributed by atoms with Crippen LogP contribution in [0.2, 0.25) is 0 Å². The number of anilines is 2. The van der Waals surface area contributed by atoms with Crippen molar-refractivity contribution in [1.29, 1.82) is 0 Å². The lowest BCUT2D eigenvalue weighted by Gasteiger charge is -2.27. The molecule has 1 amide bonds. The van der Waals surface area contributed by atoms with Crippen molar-refractivity contribution < 1.29 is 4.79 Å². The Morgan fingerprint density at radius 2 is 1.95 bits per heavy atom. The highest BCUT2D eigenvalue weighted by atomic mass is 16.1. The van der Waals surface area contributed by atoms with Crippen LogP contribution in [0, 0.1) is 6.92 Å². The van der Waals surface area contributed by atoms with Crippen LogP contribution in [0.1, 0.15) is 35.2 Å². The molecule has 0 bridgehead atoms. The number of carbonyl (C=O) groups is 1. The molecular formula is C18H21N3O. The van der Waals surface area contributed by atoms with Gasteiger partial charge in [-0.1, -0.05) is 12.1 Å². The Morgan fingerprint density at radius 1 is 1.14 bits per heavy atom. The number of amides is 1. The maximum absolute atomic E-state index is 12.4. The van der Waals surface area contributed by atoms with Crippen molar-refractivity contribution >= 4 is 17.4 Å². The summed E-state index contributed by atoms with van der Waals surface area (Å²) in [6.45, 7) is 4.06. The normalized spacial score (nSPS) is 14.7. The van der Waals surface area contributed by atoms with Crippen molar-refractivity contribution in [2.75, 3.05) is 23.3 Å². The number of hydrogen-bond donors (Lipinski definition) is 1. The van der Waals surface area contributed by atoms with Crippen LogP contribution in [0.25, 0.3) is 0 Å². The van der Waals surface area contributed by atoms with E-state index in [1.807, 2.05) is 37.3 Å². The van der Waals surface area contributed by atoms with Crippen molar-refractivity contribution in [2.24, 2.45) is 0 Å². The van der Waals surface area contributed by atoms with Crippen LogP contribution in [-0.2, 0) is 0 Å². The van der Waals surface area contributed by atoms with Crippen LogP contribution in [0.4, 0.5) is 11.5 Å². The molecule has 0 radical (unpaired) electrons. The fourth-order valence-electron chi connectivity index (χ4n) is 2.78. The van der Waals surface area contributed by atoms with Crippen LogP contribution in [-0.4, -0.2) is 24.0 Å². The zero-order valence-corrected chi connectivity index (χ0v) is 12.9. The second kappa shape index (κ2) is 6.60. The van der Waals surface area contributed by atoms with E-state index in [-0.39, 0.29) is 5.91 Å². The van der Waals surface area contributed by atoms with E-state index in [0.717, 1.165) is 30.2 Å². The van der Waals surface area contributed by atoms with Crippen LogP contribution >= 0.6 is 0 Å². The van der Waals surface area contributed by atoms with Gasteiger partial charge in [-0.05, 0) is 56.0 Å². The number of nitrogens with one attached hydrogen (secondary N) is 1. The molecule has 1 aromatic heterocycles. The summed E-state index contributed by atoms with van der Waals surface area (Å²) >= 11 is 0. The van der Waals surface area contributed by atoms with E-state index < -0.39 is 0 Å². The summed E-state index contributed by atoms with van der Waals surface area (Å²) in [5, 5.41) is 2.94. The van der Waals surface area contributed by atoms with Crippen LogP contribution in [0.3, 0.4) is 0 Å². The number of nitrogens with zero attached hydrogens (tertiary/aromatic N) is 2. The lowest BCUT2D eigenvalue weighted by Crippen LogP contribution is -2.30. The van der Waals surface area contributed by atoms with Crippen molar-refractivity contribution in [2.45, 2.75) is 26.2 Å². The first-order valence-corrected chi connectivity index (χ1v) is 7.81. The van der Waals surface area contributed by atoms with Crippen LogP contribution < -0.4 is 10.2 Å². The van der Waals surface area contributed by atoms with E-state index in [1.165, 1.54) is 19.3 Å². The van der Waals surface area contributed by atoms with Gasteiger partial charge in [0.2, 0.25) is 0 Å². The molecule has 0 spiro atoms. The summed E-state index contributed by atoms with van der Waals surface area (Å²) in [4.78, 5) is 19.1. The lowest BCUT2D eigenvalue weighted by molar-refractivity contribution is 0.102. The van der Waals surface area contributed by atoms with Gasteiger partial charge in [-0.15, -0.1) is 0 Å². The first-order valence-electron chi connectivity index (χ1n) is 7.81. The topological polar surface area (TPSA) is 45.2 Å². The zero-order valence-electron chi connectivity index (χ0n) is 12.9. The Balaban J connectivity index is 1.75. The molecule has 4 heteroatoms. The SMILES string of the molecule is Cc1cccc(NC(=O)c2ccnc(N3CCCCC3)c2)c1. The third-order valence-electron chi connectivity index (χ3n) is 3.96. The predicted octanol–water partition coefficient (Wildman–Crippen LogP) is 3.63. The largest absolute Gasteiger partial charge is 0.357 e. The number of carbonyl (C=O) groups excluding carboxylic acids is 1. The average molecular weight is 295 g/mol. The minimum absolute atomic E-state index is 0.0914. The second-order valence-electron chi connectivity index (χ2n) is 5.77. The molecule has 0 unspecified atom stereocenters. The molecule has 1 fully saturated rings. The van der Waals surface area contributed by atoms with E-state index in [2.05, 4.69) is 15.2 Å². The maximum Gasteiger partial charge on any atom is 0.255 e. The molecule has 1 aliphatic heterocycles. The van der Waals surface area contributed by atoms with E-state index in [0.29, 0.717) is 5.56 Å². The zero-order chi connectivity index (χ0) is 15.4. The molecule has 114 valence electrons. The Kier molecular flexibility index (Phi) is 4.37. The van der Waals surface area contributed by atoms with Crippen molar-refractivity contribution in [1.82, 2.24) is 4.98 Å². The summed E-state index contributed by atoms with van der Waals surface area (Å²) < 4.78 is 0. The highest BCUT2D eigenvalue weighted by molar-refractivity contribution is 6.04. The first kappa shape index (κ1) is 14.6. The van der Waals surface area contributed by atoms with Crippen LogP contribution in [0.15, 0.2) is 42.6 Å². The van der Waals surface area contributed by atoms with Gasteiger partial charge in [0, 0.05) is 30.5 Å². The standard InChI is InChI=1S/C18H21N3O/c1-14-6-5-7-16(12-14)20-18(22)15-8-9-19-17(13-15)21-10-3-2-4-11-21/h5-9,12-13H,2-4,10-11H2,1H3,(H,20,22). The molecule has 1 saturated heterocycles. The minimum Gasteiger partial charge on any atom is -0.357 e. The van der Waals surface area contributed by atoms with Gasteiger partial charge < -0.3 is 10.2 Å². The van der Waals surface area contributed by atoms with Gasteiger partial charge in [-0.25, -0.2) is 4.98 Å². The molecule has 0 aliphatic carbocycles. The molecule has 22 heavy (non-hydrogen) atoms. The number of piperidine rings is 1. The summed E-state index contributed by atoms with van der Waals surface area (Å²) in [7, 11) is 0. The Hall–Kier alpha value is -2.36. The number of hydrogen-bond acceptors (Lipinski definition) is 3. The molecule has 0 atom stereocenters. The van der Waals surface area contributed by atoms with Crippen molar-refractivity contribution in [3.8, 4) is 0 Å². The van der Waals surface area contributed by atoms with Gasteiger partial charge in [-0.3, -0.25) is 4.79 Å². The Labute approximate surface area is 131 Å². The summed E-state index contributed by atoms with van der Waals surface area (Å²) in [6, 6.07) is 11.5. The molecule has 2 heterocycles. The smallest absolute Gasteiger partial charge is 0.255 e. The quantitative estimate of drug-likeness (QED) is 0.940. The average Bonchev–Trinajstić information content (AvgIpc) is 2.56. The maximum atomic E-state index is 12.4. The predicted molar refractivity (Wildman–Crippen MR) is 89.4 cm³/mol. The van der Waals surface area contributed by atoms with E-state index >= 15 is 0 Å². The van der Waals surface area contributed by atoms with E-state index in [4.69, 9.17) is 0 Å². The van der Waals surface area contributed by atoms with Gasteiger partial charge in [0.25, 0.3) is 5.91 Å². The molecule has 3 rings (SSSR count). The third kappa shape index (κ3) is 3.45. The highest BCUT2D eigenvalue weighted by Crippen LogP contribution is 2.19. The molecule has 2 aromatic rings. The Bertz CT molecular complexity index is 663. The number of aromatic nitrogens is 1. The van der Waals surface area contributed by atoms with E-state index in [9.17, 15) is 4.79 Å². The van der Waals surface area contributed by atoms with Gasteiger partial charge in [0.15, 0.2) is 0 Å². The minimum atomic E-state index is -0.0914. The van der Waals surface area contributed by atoms with Gasteiger partial charge >= 0.3 is 0 Å². The van der Waals surface area contributed by atoms with Gasteiger partial charge in [-0.2, -0.15) is 0 Å². The summed E-state index contributed by atoms with van der Waals surface area (Å²) in [5.41, 5.74) is 2.60. The van der Waals surface area contributed by atoms with Gasteiger partial charge in [0.05, 0.1) is 0 Å².